The summed E-state index contributed by atoms with van der Waals surface area (Å²) in [6, 6.07) is 0. The fourth-order valence-electron chi connectivity index (χ4n) is 0.894. The van der Waals surface area contributed by atoms with E-state index in [9.17, 15) is 4.79 Å². The van der Waals surface area contributed by atoms with E-state index in [0.717, 1.165) is 4.91 Å². The van der Waals surface area contributed by atoms with Gasteiger partial charge in [0.25, 0.3) is 0 Å². The van der Waals surface area contributed by atoms with Gasteiger partial charge in [-0.15, -0.1) is 10.9 Å². The number of thiocyanates is 1. The summed E-state index contributed by atoms with van der Waals surface area (Å²) in [5.41, 5.74) is 0. The number of allylic oxidation sites excluding steroid dienone is 2. The Bertz CT molecular complexity index is 306. The van der Waals surface area contributed by atoms with Crippen LogP contribution < -0.4 is 5.32 Å². The highest BCUT2D eigenvalue weighted by Gasteiger charge is 2.10. The third kappa shape index (κ3) is 2.90. The molecule has 0 aromatic heterocycles. The standard InChI is InChI=1S/C8H9BrN2OS/c9-4-8(12)11-5-7-2-1-3-13(7)6-10/h1-3,13H,4-5H2,(H,11,12). The summed E-state index contributed by atoms with van der Waals surface area (Å²) in [5, 5.41) is 15.8. The first kappa shape index (κ1) is 10.4. The summed E-state index contributed by atoms with van der Waals surface area (Å²) < 4.78 is 0. The number of nitrogens with zero attached hydrogens (tertiary/aromatic N) is 1. The van der Waals surface area contributed by atoms with E-state index in [-0.39, 0.29) is 5.91 Å². The molecule has 1 aliphatic heterocycles. The van der Waals surface area contributed by atoms with Gasteiger partial charge in [0.15, 0.2) is 0 Å². The van der Waals surface area contributed by atoms with E-state index in [2.05, 4.69) is 26.6 Å². The number of alkyl halides is 1. The molecule has 0 aromatic carbocycles. The topological polar surface area (TPSA) is 52.9 Å². The van der Waals surface area contributed by atoms with Crippen LogP contribution >= 0.6 is 26.8 Å². The van der Waals surface area contributed by atoms with Crippen molar-refractivity contribution in [2.45, 2.75) is 0 Å². The van der Waals surface area contributed by atoms with Gasteiger partial charge in [0, 0.05) is 11.4 Å². The zero-order valence-corrected chi connectivity index (χ0v) is 9.31. The number of amides is 1. The number of nitrogens with one attached hydrogen (secondary N) is 1. The third-order valence-corrected chi connectivity index (χ3v) is 3.65. The molecule has 0 saturated carbocycles. The summed E-state index contributed by atoms with van der Waals surface area (Å²) in [6.45, 7) is 0.483. The van der Waals surface area contributed by atoms with E-state index in [1.165, 1.54) is 0 Å². The molecule has 1 unspecified atom stereocenters. The van der Waals surface area contributed by atoms with Crippen molar-refractivity contribution in [1.82, 2.24) is 5.32 Å². The number of rotatable bonds is 3. The molecule has 1 atom stereocenters. The van der Waals surface area contributed by atoms with E-state index in [1.807, 2.05) is 17.6 Å². The predicted molar refractivity (Wildman–Crippen MR) is 58.6 cm³/mol. The monoisotopic (exact) mass is 260 g/mol. The van der Waals surface area contributed by atoms with Crippen molar-refractivity contribution in [1.29, 1.82) is 5.26 Å². The van der Waals surface area contributed by atoms with Gasteiger partial charge in [-0.25, -0.2) is 0 Å². The number of carbonyl (C=O) groups excluding carboxylic acids is 1. The van der Waals surface area contributed by atoms with Crippen LogP contribution in [-0.4, -0.2) is 17.8 Å². The Labute approximate surface area is 88.0 Å². The molecule has 0 aliphatic carbocycles. The van der Waals surface area contributed by atoms with Crippen molar-refractivity contribution in [3.63, 3.8) is 0 Å². The second kappa shape index (κ2) is 5.10. The number of thiol groups is 1. The minimum absolute atomic E-state index is 0.0549. The summed E-state index contributed by atoms with van der Waals surface area (Å²) in [5.74, 6) is -0.0549. The lowest BCUT2D eigenvalue weighted by molar-refractivity contribution is -0.118. The molecular formula is C8H9BrN2OS. The quantitative estimate of drug-likeness (QED) is 0.458. The molecule has 70 valence electrons. The van der Waals surface area contributed by atoms with Crippen molar-refractivity contribution in [2.24, 2.45) is 0 Å². The van der Waals surface area contributed by atoms with E-state index in [0.29, 0.717) is 11.9 Å². The molecule has 0 spiro atoms. The largest absolute Gasteiger partial charge is 0.351 e. The summed E-state index contributed by atoms with van der Waals surface area (Å²) in [6.07, 6.45) is 3.76. The second-order valence-electron chi connectivity index (χ2n) is 2.38. The zero-order chi connectivity index (χ0) is 9.68. The second-order valence-corrected chi connectivity index (χ2v) is 4.75. The molecule has 5 heteroatoms. The number of hydrogen-bond donors (Lipinski definition) is 2. The van der Waals surface area contributed by atoms with Crippen molar-refractivity contribution >= 4 is 32.7 Å². The first-order chi connectivity index (χ1) is 6.27. The van der Waals surface area contributed by atoms with Gasteiger partial charge in [0.05, 0.1) is 5.33 Å². The summed E-state index contributed by atoms with van der Waals surface area (Å²) >= 11 is 3.05. The minimum atomic E-state index is -0.786. The van der Waals surface area contributed by atoms with Crippen LogP contribution in [-0.2, 0) is 4.79 Å². The molecule has 0 bridgehead atoms. The molecule has 1 heterocycles. The number of carbonyl (C=O) groups is 1. The van der Waals surface area contributed by atoms with Crippen LogP contribution in [0.3, 0.4) is 0 Å². The Balaban J connectivity index is 2.40. The van der Waals surface area contributed by atoms with Gasteiger partial charge in [0.1, 0.15) is 5.40 Å². The average molecular weight is 261 g/mol. The lowest BCUT2D eigenvalue weighted by atomic mass is 10.4. The van der Waals surface area contributed by atoms with Crippen molar-refractivity contribution in [3.8, 4) is 5.40 Å². The Morgan fingerprint density at radius 2 is 2.54 bits per heavy atom. The summed E-state index contributed by atoms with van der Waals surface area (Å²) in [4.78, 5) is 11.9. The predicted octanol–water partition coefficient (Wildman–Crippen LogP) is 1.39. The molecule has 13 heavy (non-hydrogen) atoms. The Morgan fingerprint density at radius 3 is 3.15 bits per heavy atom. The normalized spacial score (nSPS) is 22.2. The van der Waals surface area contributed by atoms with Crippen LogP contribution in [0.25, 0.3) is 0 Å². The van der Waals surface area contributed by atoms with Crippen LogP contribution in [0.4, 0.5) is 0 Å². The van der Waals surface area contributed by atoms with Crippen LogP contribution in [0.15, 0.2) is 22.5 Å². The van der Waals surface area contributed by atoms with Gasteiger partial charge in [-0.05, 0) is 5.41 Å². The minimum Gasteiger partial charge on any atom is -0.351 e. The maximum Gasteiger partial charge on any atom is 0.230 e. The molecule has 3 nitrogen and oxygen atoms in total. The van der Waals surface area contributed by atoms with Crippen molar-refractivity contribution < 1.29 is 4.79 Å². The zero-order valence-electron chi connectivity index (χ0n) is 6.83. The van der Waals surface area contributed by atoms with E-state index in [1.54, 1.807) is 0 Å². The SMILES string of the molecule is N#C[SH]1C=CC=C1CNC(=O)CBr. The van der Waals surface area contributed by atoms with Gasteiger partial charge >= 0.3 is 0 Å². The van der Waals surface area contributed by atoms with E-state index < -0.39 is 10.9 Å². The van der Waals surface area contributed by atoms with Crippen molar-refractivity contribution in [3.05, 3.63) is 22.5 Å². The van der Waals surface area contributed by atoms with Gasteiger partial charge in [-0.3, -0.25) is 4.79 Å². The van der Waals surface area contributed by atoms with Crippen molar-refractivity contribution in [2.75, 3.05) is 11.9 Å². The molecule has 0 radical (unpaired) electrons. The molecule has 1 amide bonds. The lowest BCUT2D eigenvalue weighted by Crippen LogP contribution is -2.25. The number of hydrogen-bond acceptors (Lipinski definition) is 2. The van der Waals surface area contributed by atoms with Crippen LogP contribution in [0.1, 0.15) is 0 Å². The highest BCUT2D eigenvalue weighted by atomic mass is 79.9. The third-order valence-electron chi connectivity index (χ3n) is 1.53. The smallest absolute Gasteiger partial charge is 0.230 e. The lowest BCUT2D eigenvalue weighted by Gasteiger charge is -2.09. The first-order valence-corrected chi connectivity index (χ1v) is 6.20. The summed E-state index contributed by atoms with van der Waals surface area (Å²) in [7, 11) is -0.786. The van der Waals surface area contributed by atoms with Gasteiger partial charge in [-0.1, -0.05) is 28.1 Å². The molecule has 0 fully saturated rings. The highest BCUT2D eigenvalue weighted by Crippen LogP contribution is 2.38. The van der Waals surface area contributed by atoms with Crippen LogP contribution in [0.5, 0.6) is 0 Å². The number of halogens is 1. The van der Waals surface area contributed by atoms with Gasteiger partial charge in [-0.2, -0.15) is 5.26 Å². The van der Waals surface area contributed by atoms with Crippen LogP contribution in [0.2, 0.25) is 0 Å². The maximum absolute atomic E-state index is 10.9. The Morgan fingerprint density at radius 1 is 1.77 bits per heavy atom. The maximum atomic E-state index is 10.9. The molecule has 1 rings (SSSR count). The number of nitriles is 1. The average Bonchev–Trinajstić information content (AvgIpc) is 2.61. The van der Waals surface area contributed by atoms with Gasteiger partial charge < -0.3 is 5.32 Å². The van der Waals surface area contributed by atoms with Gasteiger partial charge in [0.2, 0.25) is 5.91 Å². The molecule has 0 aromatic rings. The molecule has 0 saturated heterocycles. The fourth-order valence-corrected chi connectivity index (χ4v) is 2.23. The fraction of sp³-hybridized carbons (Fsp3) is 0.250. The molecular weight excluding hydrogens is 252 g/mol. The molecule has 1 N–H and O–H groups in total. The van der Waals surface area contributed by atoms with E-state index >= 15 is 0 Å². The molecule has 1 aliphatic rings. The first-order valence-electron chi connectivity index (χ1n) is 3.67. The van der Waals surface area contributed by atoms with Crippen LogP contribution in [0, 0.1) is 10.7 Å². The Hall–Kier alpha value is -0.730. The Kier molecular flexibility index (Phi) is 4.06. The van der Waals surface area contributed by atoms with E-state index in [4.69, 9.17) is 5.26 Å². The highest BCUT2D eigenvalue weighted by molar-refractivity contribution is 9.09.